The zero-order valence-corrected chi connectivity index (χ0v) is 17.2. The minimum absolute atomic E-state index is 0. The van der Waals surface area contributed by atoms with Crippen molar-refractivity contribution in [2.24, 2.45) is 10.4 Å². The highest BCUT2D eigenvalue weighted by atomic mass is 127. The average Bonchev–Trinajstić information content (AvgIpc) is 3.22. The van der Waals surface area contributed by atoms with Gasteiger partial charge in [0, 0.05) is 37.9 Å². The Bertz CT molecular complexity index is 630. The largest absolute Gasteiger partial charge is 0.351 e. The van der Waals surface area contributed by atoms with Crippen LogP contribution >= 0.6 is 35.3 Å². The third-order valence-electron chi connectivity index (χ3n) is 5.02. The second-order valence-corrected chi connectivity index (χ2v) is 6.98. The Hall–Kier alpha value is -0.830. The number of aromatic nitrogens is 2. The molecule has 2 aromatic heterocycles. The number of rotatable bonds is 4. The van der Waals surface area contributed by atoms with Gasteiger partial charge in [-0.2, -0.15) is 0 Å². The summed E-state index contributed by atoms with van der Waals surface area (Å²) < 4.78 is 2.07. The molecular weight excluding hydrogens is 421 g/mol. The minimum Gasteiger partial charge on any atom is -0.351 e. The van der Waals surface area contributed by atoms with E-state index < -0.39 is 0 Å². The Morgan fingerprint density at radius 2 is 2.22 bits per heavy atom. The Morgan fingerprint density at radius 3 is 2.83 bits per heavy atom. The smallest absolute Gasteiger partial charge is 0.193 e. The van der Waals surface area contributed by atoms with Crippen molar-refractivity contribution < 1.29 is 0 Å². The van der Waals surface area contributed by atoms with E-state index in [1.807, 2.05) is 13.2 Å². The Morgan fingerprint density at radius 1 is 1.43 bits per heavy atom. The van der Waals surface area contributed by atoms with Crippen molar-refractivity contribution in [2.75, 3.05) is 20.1 Å². The molecule has 5 nitrogen and oxygen atoms in total. The first-order chi connectivity index (χ1) is 10.7. The first-order valence-corrected chi connectivity index (χ1v) is 8.94. The second-order valence-electron chi connectivity index (χ2n) is 6.10. The van der Waals surface area contributed by atoms with Crippen molar-refractivity contribution >= 4 is 46.2 Å². The summed E-state index contributed by atoms with van der Waals surface area (Å²) in [6.07, 6.45) is 7.88. The van der Waals surface area contributed by atoms with E-state index in [2.05, 4.69) is 50.0 Å². The van der Waals surface area contributed by atoms with E-state index in [0.717, 1.165) is 36.2 Å². The van der Waals surface area contributed by atoms with Crippen molar-refractivity contribution in [3.63, 3.8) is 0 Å². The van der Waals surface area contributed by atoms with E-state index in [1.54, 1.807) is 11.3 Å². The normalized spacial score (nSPS) is 17.5. The lowest BCUT2D eigenvalue weighted by Crippen LogP contribution is -2.40. The number of nitrogens with zero attached hydrogens (tertiary/aromatic N) is 4. The molecule has 1 aliphatic rings. The van der Waals surface area contributed by atoms with Crippen LogP contribution in [0.15, 0.2) is 22.8 Å². The average molecular weight is 447 g/mol. The van der Waals surface area contributed by atoms with E-state index in [1.165, 1.54) is 19.3 Å². The third-order valence-corrected chi connectivity index (χ3v) is 5.79. The Balaban J connectivity index is 0.00000192. The number of halogens is 1. The number of hydrogen-bond acceptors (Lipinski definition) is 3. The van der Waals surface area contributed by atoms with Crippen LogP contribution in [-0.2, 0) is 6.54 Å². The van der Waals surface area contributed by atoms with Gasteiger partial charge in [0.25, 0.3) is 0 Å². The molecule has 0 spiro atoms. The van der Waals surface area contributed by atoms with Crippen LogP contribution in [0.1, 0.15) is 38.8 Å². The number of fused-ring (bicyclic) bond motifs is 1. The van der Waals surface area contributed by atoms with E-state index in [0.29, 0.717) is 5.41 Å². The van der Waals surface area contributed by atoms with E-state index in [-0.39, 0.29) is 24.0 Å². The standard InChI is InChI=1S/C16H25N5S.HI/c1-4-16(5-2)6-7-21(12-16)14(17-3)18-10-13-11-20-8-9-22-15(20)19-13;/h8-9,11H,4-7,10,12H2,1-3H3,(H,17,18);1H. The van der Waals surface area contributed by atoms with Gasteiger partial charge < -0.3 is 10.2 Å². The molecule has 7 heteroatoms. The molecule has 0 bridgehead atoms. The molecule has 23 heavy (non-hydrogen) atoms. The lowest BCUT2D eigenvalue weighted by Gasteiger charge is -2.27. The minimum atomic E-state index is 0. The molecule has 3 heterocycles. The molecule has 0 aromatic carbocycles. The van der Waals surface area contributed by atoms with Crippen LogP contribution < -0.4 is 5.32 Å². The number of nitrogens with one attached hydrogen (secondary N) is 1. The molecule has 0 aliphatic carbocycles. The molecule has 1 fully saturated rings. The van der Waals surface area contributed by atoms with Crippen LogP contribution in [-0.4, -0.2) is 40.4 Å². The zero-order valence-electron chi connectivity index (χ0n) is 14.1. The number of imidazole rings is 1. The molecule has 0 saturated carbocycles. The van der Waals surface area contributed by atoms with Crippen LogP contribution in [0.2, 0.25) is 0 Å². The van der Waals surface area contributed by atoms with Gasteiger partial charge in [0.2, 0.25) is 0 Å². The van der Waals surface area contributed by atoms with Gasteiger partial charge in [-0.05, 0) is 24.7 Å². The maximum atomic E-state index is 4.61. The van der Waals surface area contributed by atoms with Gasteiger partial charge in [-0.15, -0.1) is 35.3 Å². The predicted molar refractivity (Wildman–Crippen MR) is 108 cm³/mol. The predicted octanol–water partition coefficient (Wildman–Crippen LogP) is 3.60. The second kappa shape index (κ2) is 7.83. The van der Waals surface area contributed by atoms with Crippen LogP contribution in [0.3, 0.4) is 0 Å². The first kappa shape index (κ1) is 18.5. The van der Waals surface area contributed by atoms with Crippen LogP contribution in [0.5, 0.6) is 0 Å². The number of likely N-dealkylation sites (tertiary alicyclic amines) is 1. The lowest BCUT2D eigenvalue weighted by molar-refractivity contribution is 0.276. The fraction of sp³-hybridized carbons (Fsp3) is 0.625. The van der Waals surface area contributed by atoms with Gasteiger partial charge in [0.05, 0.1) is 12.2 Å². The molecule has 3 rings (SSSR count). The van der Waals surface area contributed by atoms with Crippen molar-refractivity contribution in [3.8, 4) is 0 Å². The Labute approximate surface area is 159 Å². The molecule has 1 aliphatic heterocycles. The van der Waals surface area contributed by atoms with Gasteiger partial charge in [-0.25, -0.2) is 4.98 Å². The van der Waals surface area contributed by atoms with E-state index in [9.17, 15) is 0 Å². The van der Waals surface area contributed by atoms with Crippen molar-refractivity contribution in [1.29, 1.82) is 0 Å². The van der Waals surface area contributed by atoms with E-state index >= 15 is 0 Å². The summed E-state index contributed by atoms with van der Waals surface area (Å²) in [5, 5.41) is 5.52. The topological polar surface area (TPSA) is 44.9 Å². The number of aliphatic imine (C=N–C) groups is 1. The molecule has 2 aromatic rings. The molecule has 0 atom stereocenters. The summed E-state index contributed by atoms with van der Waals surface area (Å²) in [6.45, 7) is 7.54. The maximum absolute atomic E-state index is 4.61. The molecular formula is C16H26IN5S. The van der Waals surface area contributed by atoms with Crippen LogP contribution in [0, 0.1) is 5.41 Å². The summed E-state index contributed by atoms with van der Waals surface area (Å²) in [7, 11) is 1.87. The van der Waals surface area contributed by atoms with Crippen molar-refractivity contribution in [2.45, 2.75) is 39.7 Å². The zero-order chi connectivity index (χ0) is 15.6. The van der Waals surface area contributed by atoms with Crippen LogP contribution in [0.4, 0.5) is 0 Å². The third kappa shape index (κ3) is 3.81. The first-order valence-electron chi connectivity index (χ1n) is 8.06. The maximum Gasteiger partial charge on any atom is 0.193 e. The Kier molecular flexibility index (Phi) is 6.30. The summed E-state index contributed by atoms with van der Waals surface area (Å²) in [4.78, 5) is 12.5. The molecule has 1 N–H and O–H groups in total. The molecule has 0 radical (unpaired) electrons. The van der Waals surface area contributed by atoms with Gasteiger partial charge in [-0.3, -0.25) is 9.39 Å². The van der Waals surface area contributed by atoms with E-state index in [4.69, 9.17) is 0 Å². The molecule has 0 unspecified atom stereocenters. The monoisotopic (exact) mass is 447 g/mol. The summed E-state index contributed by atoms with van der Waals surface area (Å²) in [6, 6.07) is 0. The van der Waals surface area contributed by atoms with Crippen LogP contribution in [0.25, 0.3) is 4.96 Å². The molecule has 0 amide bonds. The van der Waals surface area contributed by atoms with Gasteiger partial charge in [-0.1, -0.05) is 13.8 Å². The fourth-order valence-electron chi connectivity index (χ4n) is 3.31. The quantitative estimate of drug-likeness (QED) is 0.443. The fourth-order valence-corrected chi connectivity index (χ4v) is 4.03. The highest BCUT2D eigenvalue weighted by molar-refractivity contribution is 14.0. The molecule has 128 valence electrons. The molecule has 1 saturated heterocycles. The number of hydrogen-bond donors (Lipinski definition) is 1. The number of guanidine groups is 1. The van der Waals surface area contributed by atoms with Gasteiger partial charge in [0.15, 0.2) is 10.9 Å². The highest BCUT2D eigenvalue weighted by Gasteiger charge is 2.36. The van der Waals surface area contributed by atoms with Crippen molar-refractivity contribution in [3.05, 3.63) is 23.5 Å². The summed E-state index contributed by atoms with van der Waals surface area (Å²) in [5.74, 6) is 1.00. The SMILES string of the molecule is CCC1(CC)CCN(C(=NC)NCc2cn3ccsc3n2)C1.I. The highest BCUT2D eigenvalue weighted by Crippen LogP contribution is 2.36. The summed E-state index contributed by atoms with van der Waals surface area (Å²) >= 11 is 1.66. The van der Waals surface area contributed by atoms with Crippen molar-refractivity contribution in [1.82, 2.24) is 19.6 Å². The number of thiazole rings is 1. The van der Waals surface area contributed by atoms with Gasteiger partial charge in [0.1, 0.15) is 0 Å². The lowest BCUT2D eigenvalue weighted by atomic mass is 9.82. The summed E-state index contributed by atoms with van der Waals surface area (Å²) in [5.41, 5.74) is 1.53. The van der Waals surface area contributed by atoms with Gasteiger partial charge >= 0.3 is 0 Å².